The Morgan fingerprint density at radius 3 is 2.18 bits per heavy atom. The predicted octanol–water partition coefficient (Wildman–Crippen LogP) is 5.85. The lowest BCUT2D eigenvalue weighted by Crippen LogP contribution is -1.88. The summed E-state index contributed by atoms with van der Waals surface area (Å²) in [4.78, 5) is 0. The third-order valence-corrected chi connectivity index (χ3v) is 4.59. The molecule has 0 bridgehead atoms. The Bertz CT molecular complexity index is 864. The molecule has 0 atom stereocenters. The van der Waals surface area contributed by atoms with E-state index in [-0.39, 0.29) is 0 Å². The summed E-state index contributed by atoms with van der Waals surface area (Å²) in [6.07, 6.45) is 1.06. The van der Waals surface area contributed by atoms with Crippen LogP contribution in [0.3, 0.4) is 0 Å². The molecule has 0 saturated heterocycles. The summed E-state index contributed by atoms with van der Waals surface area (Å²) in [5, 5.41) is 0. The SMILES string of the molecule is Cc1cc(C)cc(-c2cccc3c2-c2ccc(C)cc2C3)c1. The van der Waals surface area contributed by atoms with Gasteiger partial charge in [0.1, 0.15) is 0 Å². The van der Waals surface area contributed by atoms with Crippen molar-refractivity contribution in [2.75, 3.05) is 0 Å². The second kappa shape index (κ2) is 4.84. The highest BCUT2D eigenvalue weighted by Gasteiger charge is 2.21. The van der Waals surface area contributed by atoms with Crippen LogP contribution in [0.25, 0.3) is 22.3 Å². The Balaban J connectivity index is 1.98. The zero-order valence-corrected chi connectivity index (χ0v) is 13.4. The van der Waals surface area contributed by atoms with Gasteiger partial charge < -0.3 is 0 Å². The van der Waals surface area contributed by atoms with Crippen LogP contribution in [0.15, 0.2) is 54.6 Å². The second-order valence-corrected chi connectivity index (χ2v) is 6.55. The Hall–Kier alpha value is -2.34. The van der Waals surface area contributed by atoms with Crippen LogP contribution in [0.5, 0.6) is 0 Å². The zero-order chi connectivity index (χ0) is 15.3. The number of rotatable bonds is 1. The van der Waals surface area contributed by atoms with Gasteiger partial charge >= 0.3 is 0 Å². The molecule has 4 rings (SSSR count). The van der Waals surface area contributed by atoms with Crippen molar-refractivity contribution in [1.82, 2.24) is 0 Å². The van der Waals surface area contributed by atoms with E-state index in [1.54, 1.807) is 0 Å². The van der Waals surface area contributed by atoms with E-state index in [9.17, 15) is 0 Å². The highest BCUT2D eigenvalue weighted by molar-refractivity contribution is 5.90. The topological polar surface area (TPSA) is 0 Å². The largest absolute Gasteiger partial charge is 0.0613 e. The van der Waals surface area contributed by atoms with Crippen molar-refractivity contribution in [3.63, 3.8) is 0 Å². The maximum absolute atomic E-state index is 2.33. The van der Waals surface area contributed by atoms with Crippen LogP contribution in [-0.4, -0.2) is 0 Å². The van der Waals surface area contributed by atoms with Crippen molar-refractivity contribution in [1.29, 1.82) is 0 Å². The Kier molecular flexibility index (Phi) is 2.94. The summed E-state index contributed by atoms with van der Waals surface area (Å²) in [6, 6.07) is 20.4. The standard InChI is InChI=1S/C22H20/c1-14-7-8-21-19(10-14)13-17-5-4-6-20(22(17)21)18-11-15(2)9-16(3)12-18/h4-12H,13H2,1-3H3. The monoisotopic (exact) mass is 284 g/mol. The smallest absolute Gasteiger partial charge is 0.00131 e. The molecule has 3 aromatic carbocycles. The van der Waals surface area contributed by atoms with Crippen molar-refractivity contribution in [2.45, 2.75) is 27.2 Å². The summed E-state index contributed by atoms with van der Waals surface area (Å²) in [7, 11) is 0. The molecule has 0 radical (unpaired) electrons. The molecule has 0 saturated carbocycles. The van der Waals surface area contributed by atoms with Gasteiger partial charge in [-0.1, -0.05) is 71.3 Å². The summed E-state index contributed by atoms with van der Waals surface area (Å²) >= 11 is 0. The van der Waals surface area contributed by atoms with Gasteiger partial charge in [0, 0.05) is 0 Å². The highest BCUT2D eigenvalue weighted by atomic mass is 14.2. The van der Waals surface area contributed by atoms with E-state index in [1.165, 1.54) is 50.1 Å². The van der Waals surface area contributed by atoms with Gasteiger partial charge in [0.05, 0.1) is 0 Å². The second-order valence-electron chi connectivity index (χ2n) is 6.55. The minimum Gasteiger partial charge on any atom is -0.0613 e. The Morgan fingerprint density at radius 2 is 1.41 bits per heavy atom. The van der Waals surface area contributed by atoms with Crippen molar-refractivity contribution in [3.8, 4) is 22.3 Å². The van der Waals surface area contributed by atoms with Crippen molar-refractivity contribution in [3.05, 3.63) is 82.4 Å². The summed E-state index contributed by atoms with van der Waals surface area (Å²) in [5.41, 5.74) is 12.5. The minimum atomic E-state index is 1.06. The van der Waals surface area contributed by atoms with Crippen molar-refractivity contribution < 1.29 is 0 Å². The van der Waals surface area contributed by atoms with Gasteiger partial charge in [-0.15, -0.1) is 0 Å². The molecule has 108 valence electrons. The molecule has 0 heteroatoms. The Morgan fingerprint density at radius 1 is 0.636 bits per heavy atom. The molecule has 0 unspecified atom stereocenters. The average Bonchev–Trinajstić information content (AvgIpc) is 2.83. The van der Waals surface area contributed by atoms with Gasteiger partial charge in [0.2, 0.25) is 0 Å². The number of hydrogen-bond acceptors (Lipinski definition) is 0. The van der Waals surface area contributed by atoms with Gasteiger partial charge in [-0.05, 0) is 60.6 Å². The molecule has 0 nitrogen and oxygen atoms in total. The minimum absolute atomic E-state index is 1.06. The molecule has 0 spiro atoms. The normalized spacial score (nSPS) is 12.1. The fourth-order valence-electron chi connectivity index (χ4n) is 3.75. The van der Waals surface area contributed by atoms with Crippen LogP contribution in [-0.2, 0) is 6.42 Å². The summed E-state index contributed by atoms with van der Waals surface area (Å²) < 4.78 is 0. The first-order valence-electron chi connectivity index (χ1n) is 7.92. The molecular weight excluding hydrogens is 264 g/mol. The first kappa shape index (κ1) is 13.3. The number of benzene rings is 3. The van der Waals surface area contributed by atoms with Gasteiger partial charge in [0.15, 0.2) is 0 Å². The summed E-state index contributed by atoms with van der Waals surface area (Å²) in [6.45, 7) is 6.53. The maximum Gasteiger partial charge on any atom is -0.00131 e. The molecule has 0 aromatic heterocycles. The molecule has 0 N–H and O–H groups in total. The number of fused-ring (bicyclic) bond motifs is 3. The van der Waals surface area contributed by atoms with Crippen LogP contribution in [0.4, 0.5) is 0 Å². The average molecular weight is 284 g/mol. The van der Waals surface area contributed by atoms with E-state index >= 15 is 0 Å². The van der Waals surface area contributed by atoms with E-state index in [4.69, 9.17) is 0 Å². The lowest BCUT2D eigenvalue weighted by molar-refractivity contribution is 1.25. The van der Waals surface area contributed by atoms with E-state index in [0.29, 0.717) is 0 Å². The fraction of sp³-hybridized carbons (Fsp3) is 0.182. The van der Waals surface area contributed by atoms with Crippen LogP contribution < -0.4 is 0 Å². The highest BCUT2D eigenvalue weighted by Crippen LogP contribution is 2.43. The fourth-order valence-corrected chi connectivity index (χ4v) is 3.75. The zero-order valence-electron chi connectivity index (χ0n) is 13.4. The molecule has 3 aromatic rings. The van der Waals surface area contributed by atoms with E-state index < -0.39 is 0 Å². The van der Waals surface area contributed by atoms with Gasteiger partial charge in [0.25, 0.3) is 0 Å². The quantitative estimate of drug-likeness (QED) is 0.411. The van der Waals surface area contributed by atoms with E-state index in [2.05, 4.69) is 75.4 Å². The molecule has 0 fully saturated rings. The molecule has 22 heavy (non-hydrogen) atoms. The van der Waals surface area contributed by atoms with Crippen molar-refractivity contribution in [2.24, 2.45) is 0 Å². The lowest BCUT2D eigenvalue weighted by Gasteiger charge is -2.12. The number of aryl methyl sites for hydroxylation is 3. The lowest BCUT2D eigenvalue weighted by atomic mass is 9.92. The molecule has 0 aliphatic heterocycles. The molecule has 0 amide bonds. The molecule has 0 heterocycles. The third-order valence-electron chi connectivity index (χ3n) is 4.59. The van der Waals surface area contributed by atoms with Crippen LogP contribution in [0.1, 0.15) is 27.8 Å². The maximum atomic E-state index is 2.33. The Labute approximate surface area is 132 Å². The third kappa shape index (κ3) is 2.07. The van der Waals surface area contributed by atoms with E-state index in [0.717, 1.165) is 6.42 Å². The van der Waals surface area contributed by atoms with Crippen LogP contribution >= 0.6 is 0 Å². The summed E-state index contributed by atoms with van der Waals surface area (Å²) in [5.74, 6) is 0. The van der Waals surface area contributed by atoms with Gasteiger partial charge in [-0.25, -0.2) is 0 Å². The predicted molar refractivity (Wildman–Crippen MR) is 94.3 cm³/mol. The van der Waals surface area contributed by atoms with E-state index in [1.807, 2.05) is 0 Å². The number of hydrogen-bond donors (Lipinski definition) is 0. The van der Waals surface area contributed by atoms with Crippen LogP contribution in [0.2, 0.25) is 0 Å². The molecule has 1 aliphatic carbocycles. The first-order chi connectivity index (χ1) is 10.6. The molecular formula is C22H20. The van der Waals surface area contributed by atoms with Gasteiger partial charge in [-0.3, -0.25) is 0 Å². The van der Waals surface area contributed by atoms with Crippen LogP contribution in [0, 0.1) is 20.8 Å². The first-order valence-corrected chi connectivity index (χ1v) is 7.92. The molecule has 1 aliphatic rings. The van der Waals surface area contributed by atoms with Crippen molar-refractivity contribution >= 4 is 0 Å². The van der Waals surface area contributed by atoms with Gasteiger partial charge in [-0.2, -0.15) is 0 Å².